The van der Waals surface area contributed by atoms with Crippen molar-refractivity contribution in [1.29, 1.82) is 5.26 Å². The minimum Gasteiger partial charge on any atom is -0.334 e. The minimum atomic E-state index is -0.000317. The summed E-state index contributed by atoms with van der Waals surface area (Å²) in [6.07, 6.45) is 0. The average Bonchev–Trinajstić information content (AvgIpc) is 2.79. The van der Waals surface area contributed by atoms with E-state index in [1.807, 2.05) is 17.9 Å². The summed E-state index contributed by atoms with van der Waals surface area (Å²) >= 11 is 1.36. The topological polar surface area (TPSA) is 60.2 Å². The van der Waals surface area contributed by atoms with Gasteiger partial charge in [-0.3, -0.25) is 9.69 Å². The van der Waals surface area contributed by atoms with Crippen molar-refractivity contribution in [3.8, 4) is 6.07 Å². The largest absolute Gasteiger partial charge is 0.334 e. The maximum Gasteiger partial charge on any atom is 0.273 e. The zero-order valence-corrected chi connectivity index (χ0v) is 12.3. The van der Waals surface area contributed by atoms with Gasteiger partial charge in [0.15, 0.2) is 0 Å². The van der Waals surface area contributed by atoms with Gasteiger partial charge in [-0.1, -0.05) is 0 Å². The fourth-order valence-corrected chi connectivity index (χ4v) is 3.08. The molecule has 102 valence electrons. The number of amides is 1. The maximum absolute atomic E-state index is 12.4. The van der Waals surface area contributed by atoms with E-state index in [0.29, 0.717) is 25.3 Å². The van der Waals surface area contributed by atoms with Crippen molar-refractivity contribution >= 4 is 17.4 Å². The number of aryl methyl sites for hydroxylation is 1. The second-order valence-electron chi connectivity index (χ2n) is 5.06. The monoisotopic (exact) mass is 278 g/mol. The zero-order valence-electron chi connectivity index (χ0n) is 11.5. The number of hydrogen-bond donors (Lipinski definition) is 0. The molecule has 1 fully saturated rings. The molecule has 0 aromatic carbocycles. The molecule has 0 spiro atoms. The molecule has 0 N–H and O–H groups in total. The summed E-state index contributed by atoms with van der Waals surface area (Å²) in [7, 11) is 0. The van der Waals surface area contributed by atoms with Crippen LogP contribution in [-0.2, 0) is 0 Å². The molecule has 19 heavy (non-hydrogen) atoms. The molecular formula is C13H18N4OS. The van der Waals surface area contributed by atoms with Crippen LogP contribution in [-0.4, -0.2) is 51.8 Å². The van der Waals surface area contributed by atoms with Crippen molar-refractivity contribution in [3.05, 3.63) is 16.6 Å². The number of aromatic nitrogens is 1. The van der Waals surface area contributed by atoms with Crippen LogP contribution < -0.4 is 0 Å². The lowest BCUT2D eigenvalue weighted by molar-refractivity contribution is 0.0360. The Kier molecular flexibility index (Phi) is 4.17. The molecule has 1 aliphatic rings. The summed E-state index contributed by atoms with van der Waals surface area (Å²) in [5.74, 6) is -0.000317. The van der Waals surface area contributed by atoms with Crippen LogP contribution in [0.3, 0.4) is 0 Å². The highest BCUT2D eigenvalue weighted by atomic mass is 32.1. The molecule has 0 bridgehead atoms. The summed E-state index contributed by atoms with van der Waals surface area (Å²) < 4.78 is 4.18. The van der Waals surface area contributed by atoms with Gasteiger partial charge in [0.2, 0.25) is 0 Å². The van der Waals surface area contributed by atoms with E-state index in [0.717, 1.165) is 4.88 Å². The first-order chi connectivity index (χ1) is 9.02. The number of nitrogens with zero attached hydrogens (tertiary/aromatic N) is 4. The van der Waals surface area contributed by atoms with Crippen LogP contribution in [0.1, 0.15) is 29.2 Å². The Bertz CT molecular complexity index is 495. The third kappa shape index (κ3) is 2.94. The normalized spacial score (nSPS) is 24.2. The molecule has 1 amide bonds. The van der Waals surface area contributed by atoms with Gasteiger partial charge in [-0.25, -0.2) is 0 Å². The number of rotatable bonds is 2. The van der Waals surface area contributed by atoms with Crippen LogP contribution >= 0.6 is 11.5 Å². The van der Waals surface area contributed by atoms with Crippen LogP contribution in [0.2, 0.25) is 0 Å². The van der Waals surface area contributed by atoms with Crippen LogP contribution in [0.5, 0.6) is 0 Å². The number of piperazine rings is 1. The molecule has 1 aromatic rings. The molecule has 5 nitrogen and oxygen atoms in total. The predicted molar refractivity (Wildman–Crippen MR) is 74.0 cm³/mol. The van der Waals surface area contributed by atoms with Crippen LogP contribution in [0, 0.1) is 18.3 Å². The fourth-order valence-electron chi connectivity index (χ4n) is 2.54. The second kappa shape index (κ2) is 5.68. The highest BCUT2D eigenvalue weighted by Crippen LogP contribution is 2.18. The molecule has 1 aromatic heterocycles. The minimum absolute atomic E-state index is 0.000317. The van der Waals surface area contributed by atoms with E-state index in [1.165, 1.54) is 11.5 Å². The molecule has 0 saturated carbocycles. The van der Waals surface area contributed by atoms with Crippen molar-refractivity contribution in [2.24, 2.45) is 0 Å². The number of carbonyl (C=O) groups is 1. The quantitative estimate of drug-likeness (QED) is 0.769. The van der Waals surface area contributed by atoms with Crippen molar-refractivity contribution < 1.29 is 4.79 Å². The first kappa shape index (κ1) is 14.0. The van der Waals surface area contributed by atoms with E-state index < -0.39 is 0 Å². The molecule has 6 heteroatoms. The van der Waals surface area contributed by atoms with Crippen LogP contribution in [0.4, 0.5) is 0 Å². The number of nitriles is 1. The van der Waals surface area contributed by atoms with E-state index in [4.69, 9.17) is 5.26 Å². The molecule has 1 saturated heterocycles. The van der Waals surface area contributed by atoms with Crippen molar-refractivity contribution in [3.63, 3.8) is 0 Å². The van der Waals surface area contributed by atoms with Gasteiger partial charge in [0.05, 0.1) is 12.6 Å². The molecule has 2 unspecified atom stereocenters. The van der Waals surface area contributed by atoms with Gasteiger partial charge in [-0.15, -0.1) is 0 Å². The zero-order chi connectivity index (χ0) is 14.0. The first-order valence-corrected chi connectivity index (χ1v) is 7.15. The predicted octanol–water partition coefficient (Wildman–Crippen LogP) is 1.51. The Labute approximate surface area is 117 Å². The van der Waals surface area contributed by atoms with Crippen molar-refractivity contribution in [2.45, 2.75) is 32.9 Å². The van der Waals surface area contributed by atoms with E-state index >= 15 is 0 Å². The lowest BCUT2D eigenvalue weighted by atomic mass is 10.1. The van der Waals surface area contributed by atoms with Gasteiger partial charge in [0, 0.05) is 30.1 Å². The first-order valence-electron chi connectivity index (χ1n) is 6.38. The Hall–Kier alpha value is -1.45. The third-order valence-corrected chi connectivity index (χ3v) is 4.18. The molecule has 2 rings (SSSR count). The highest BCUT2D eigenvalue weighted by molar-refractivity contribution is 7.05. The molecular weight excluding hydrogens is 260 g/mol. The molecule has 0 radical (unpaired) electrons. The standard InChI is InChI=1S/C13H18N4OS/c1-9-7-16(8-10(2)17(9)5-4-14)13(18)12-6-11(3)19-15-12/h6,9-10H,5,7-8H2,1-3H3. The smallest absolute Gasteiger partial charge is 0.273 e. The van der Waals surface area contributed by atoms with Crippen molar-refractivity contribution in [2.75, 3.05) is 19.6 Å². The van der Waals surface area contributed by atoms with Crippen LogP contribution in [0.15, 0.2) is 6.07 Å². The van der Waals surface area contributed by atoms with E-state index in [9.17, 15) is 4.79 Å². The fraction of sp³-hybridized carbons (Fsp3) is 0.615. The Balaban J connectivity index is 2.08. The Morgan fingerprint density at radius 2 is 2.16 bits per heavy atom. The lowest BCUT2D eigenvalue weighted by Crippen LogP contribution is -2.58. The number of carbonyl (C=O) groups excluding carboxylic acids is 1. The molecule has 0 aliphatic carbocycles. The van der Waals surface area contributed by atoms with E-state index in [-0.39, 0.29) is 18.0 Å². The molecule has 2 atom stereocenters. The number of hydrogen-bond acceptors (Lipinski definition) is 5. The highest BCUT2D eigenvalue weighted by Gasteiger charge is 2.32. The SMILES string of the molecule is Cc1cc(C(=O)N2CC(C)N(CC#N)C(C)C2)ns1. The van der Waals surface area contributed by atoms with Gasteiger partial charge >= 0.3 is 0 Å². The molecule has 2 heterocycles. The van der Waals surface area contributed by atoms with Gasteiger partial charge in [0.25, 0.3) is 5.91 Å². The van der Waals surface area contributed by atoms with E-state index in [1.54, 1.807) is 0 Å². The summed E-state index contributed by atoms with van der Waals surface area (Å²) in [6.45, 7) is 7.78. The summed E-state index contributed by atoms with van der Waals surface area (Å²) in [5.41, 5.74) is 0.538. The van der Waals surface area contributed by atoms with Gasteiger partial charge in [-0.2, -0.15) is 9.64 Å². The van der Waals surface area contributed by atoms with Gasteiger partial charge in [-0.05, 0) is 38.4 Å². The lowest BCUT2D eigenvalue weighted by Gasteiger charge is -2.43. The summed E-state index contributed by atoms with van der Waals surface area (Å²) in [5, 5.41) is 8.83. The van der Waals surface area contributed by atoms with Crippen molar-refractivity contribution in [1.82, 2.24) is 14.2 Å². The molecule has 1 aliphatic heterocycles. The van der Waals surface area contributed by atoms with Gasteiger partial charge < -0.3 is 4.90 Å². The Morgan fingerprint density at radius 1 is 1.53 bits per heavy atom. The van der Waals surface area contributed by atoms with Crippen LogP contribution in [0.25, 0.3) is 0 Å². The Morgan fingerprint density at radius 3 is 2.63 bits per heavy atom. The van der Waals surface area contributed by atoms with E-state index in [2.05, 4.69) is 29.2 Å². The third-order valence-electron chi connectivity index (χ3n) is 3.49. The second-order valence-corrected chi connectivity index (χ2v) is 6.07. The summed E-state index contributed by atoms with van der Waals surface area (Å²) in [4.78, 5) is 17.4. The maximum atomic E-state index is 12.4. The average molecular weight is 278 g/mol. The van der Waals surface area contributed by atoms with Gasteiger partial charge in [0.1, 0.15) is 5.69 Å². The summed E-state index contributed by atoms with van der Waals surface area (Å²) in [6, 6.07) is 4.43.